The van der Waals surface area contributed by atoms with Gasteiger partial charge in [-0.15, -0.1) is 0 Å². The molecule has 2 aliphatic rings. The van der Waals surface area contributed by atoms with Crippen molar-refractivity contribution in [1.29, 1.82) is 0 Å². The summed E-state index contributed by atoms with van der Waals surface area (Å²) in [5, 5.41) is 9.47. The van der Waals surface area contributed by atoms with Gasteiger partial charge in [0.15, 0.2) is 0 Å². The van der Waals surface area contributed by atoms with Crippen LogP contribution in [0, 0.1) is 5.82 Å². The second-order valence-corrected chi connectivity index (χ2v) is 7.61. The monoisotopic (exact) mass is 388 g/mol. The highest BCUT2D eigenvalue weighted by molar-refractivity contribution is 5.93. The van der Waals surface area contributed by atoms with E-state index in [0.29, 0.717) is 30.8 Å². The van der Waals surface area contributed by atoms with Crippen molar-refractivity contribution in [2.45, 2.75) is 25.3 Å². The average Bonchev–Trinajstić information content (AvgIpc) is 3.52. The average molecular weight is 388 g/mol. The highest BCUT2D eigenvalue weighted by Gasteiger charge is 2.28. The number of rotatable bonds is 6. The van der Waals surface area contributed by atoms with Crippen LogP contribution in [0.25, 0.3) is 10.9 Å². The second kappa shape index (κ2) is 7.52. The summed E-state index contributed by atoms with van der Waals surface area (Å²) in [6.07, 6.45) is 4.23. The van der Waals surface area contributed by atoms with E-state index >= 15 is 0 Å². The molecule has 1 saturated heterocycles. The van der Waals surface area contributed by atoms with Crippen molar-refractivity contribution in [2.24, 2.45) is 5.73 Å². The van der Waals surface area contributed by atoms with Crippen LogP contribution in [0.1, 0.15) is 35.7 Å². The Morgan fingerprint density at radius 2 is 1.93 bits per heavy atom. The molecule has 0 unspecified atom stereocenters. The molecule has 2 heterocycles. The lowest BCUT2D eigenvalue weighted by atomic mass is 10.1. The third-order valence-corrected chi connectivity index (χ3v) is 5.66. The molecule has 1 aliphatic heterocycles. The van der Waals surface area contributed by atoms with Gasteiger partial charge in [0.1, 0.15) is 11.4 Å². The highest BCUT2D eigenvalue weighted by Crippen LogP contribution is 2.38. The zero-order chi connectivity index (χ0) is 19.8. The van der Waals surface area contributed by atoms with E-state index < -0.39 is 17.2 Å². The van der Waals surface area contributed by atoms with Crippen molar-refractivity contribution in [3.63, 3.8) is 0 Å². The lowest BCUT2D eigenvalue weighted by Gasteiger charge is -2.36. The number of fused-ring (bicyclic) bond motifs is 1. The number of carboxylic acids is 1. The van der Waals surface area contributed by atoms with Crippen molar-refractivity contribution < 1.29 is 14.3 Å². The first-order valence-corrected chi connectivity index (χ1v) is 9.78. The number of aromatic nitrogens is 1. The number of aromatic carboxylic acids is 1. The van der Waals surface area contributed by atoms with Gasteiger partial charge in [-0.1, -0.05) is 0 Å². The Bertz CT molecular complexity index is 962. The fraction of sp³-hybridized carbons (Fsp3) is 0.500. The van der Waals surface area contributed by atoms with Crippen molar-refractivity contribution in [2.75, 3.05) is 44.2 Å². The predicted octanol–water partition coefficient (Wildman–Crippen LogP) is 1.64. The normalized spacial score (nSPS) is 18.0. The van der Waals surface area contributed by atoms with E-state index in [1.54, 1.807) is 6.07 Å². The summed E-state index contributed by atoms with van der Waals surface area (Å²) in [6.45, 7) is 4.69. The molecule has 8 heteroatoms. The van der Waals surface area contributed by atoms with Gasteiger partial charge in [0.05, 0.1) is 11.2 Å². The number of hydrogen-bond donors (Lipinski definition) is 2. The van der Waals surface area contributed by atoms with Gasteiger partial charge in [0.25, 0.3) is 0 Å². The highest BCUT2D eigenvalue weighted by atomic mass is 19.1. The Morgan fingerprint density at radius 1 is 1.21 bits per heavy atom. The minimum atomic E-state index is -1.28. The number of hydrogen-bond acceptors (Lipinski definition) is 5. The fourth-order valence-corrected chi connectivity index (χ4v) is 3.94. The number of anilines is 1. The first kappa shape index (κ1) is 18.9. The molecule has 28 heavy (non-hydrogen) atoms. The molecular formula is C20H25FN4O3. The summed E-state index contributed by atoms with van der Waals surface area (Å²) in [6, 6.07) is 3.10. The number of nitrogens with two attached hydrogens (primary N) is 1. The summed E-state index contributed by atoms with van der Waals surface area (Å²) in [5.41, 5.74) is 5.72. The Kier molecular flexibility index (Phi) is 5.07. The molecule has 7 nitrogen and oxygen atoms in total. The molecule has 1 aromatic carbocycles. The van der Waals surface area contributed by atoms with Crippen LogP contribution in [-0.2, 0) is 0 Å². The van der Waals surface area contributed by atoms with Crippen LogP contribution in [0.4, 0.5) is 10.1 Å². The van der Waals surface area contributed by atoms with Crippen LogP contribution in [0.3, 0.4) is 0 Å². The Balaban J connectivity index is 1.70. The number of benzene rings is 1. The molecule has 1 saturated carbocycles. The summed E-state index contributed by atoms with van der Waals surface area (Å²) >= 11 is 0. The van der Waals surface area contributed by atoms with Gasteiger partial charge >= 0.3 is 5.97 Å². The minimum absolute atomic E-state index is 0.134. The first-order chi connectivity index (χ1) is 13.5. The van der Waals surface area contributed by atoms with Gasteiger partial charge < -0.3 is 20.3 Å². The van der Waals surface area contributed by atoms with Gasteiger partial charge in [-0.2, -0.15) is 0 Å². The van der Waals surface area contributed by atoms with E-state index in [1.165, 1.54) is 12.3 Å². The lowest BCUT2D eigenvalue weighted by Crippen LogP contribution is -2.47. The second-order valence-electron chi connectivity index (χ2n) is 7.61. The molecule has 0 spiro atoms. The van der Waals surface area contributed by atoms with E-state index in [4.69, 9.17) is 5.73 Å². The van der Waals surface area contributed by atoms with Crippen molar-refractivity contribution in [1.82, 2.24) is 9.47 Å². The molecule has 0 atom stereocenters. The predicted molar refractivity (Wildman–Crippen MR) is 106 cm³/mol. The summed E-state index contributed by atoms with van der Waals surface area (Å²) < 4.78 is 16.7. The van der Waals surface area contributed by atoms with Crippen molar-refractivity contribution >= 4 is 22.6 Å². The lowest BCUT2D eigenvalue weighted by molar-refractivity contribution is 0.0695. The maximum absolute atomic E-state index is 14.9. The van der Waals surface area contributed by atoms with E-state index in [0.717, 1.165) is 38.9 Å². The molecule has 3 N–H and O–H groups in total. The fourth-order valence-electron chi connectivity index (χ4n) is 3.94. The molecule has 4 rings (SSSR count). The number of nitrogens with zero attached hydrogens (tertiary/aromatic N) is 3. The van der Waals surface area contributed by atoms with Crippen LogP contribution in [0.2, 0.25) is 0 Å². The Labute approximate surface area is 162 Å². The number of carboxylic acid groups (broad SMARTS) is 1. The number of halogens is 1. The third-order valence-electron chi connectivity index (χ3n) is 5.66. The van der Waals surface area contributed by atoms with Gasteiger partial charge in [-0.25, -0.2) is 9.18 Å². The minimum Gasteiger partial charge on any atom is -0.477 e. The summed E-state index contributed by atoms with van der Waals surface area (Å²) in [5.74, 6) is -1.76. The van der Waals surface area contributed by atoms with E-state index in [1.807, 2.05) is 9.47 Å². The standard InChI is InChI=1S/C20H25FN4O3/c21-16-10-14-17(25(13-2-3-13)12-15(19(14)26)20(27)28)11-18(16)24-8-6-23(7-9-24)5-1-4-22/h10-13H,1-9,22H2,(H,27,28). The Morgan fingerprint density at radius 3 is 2.54 bits per heavy atom. The topological polar surface area (TPSA) is 91.8 Å². The zero-order valence-corrected chi connectivity index (χ0v) is 15.7. The third kappa shape index (κ3) is 3.49. The number of pyridine rings is 1. The molecule has 0 amide bonds. The van der Waals surface area contributed by atoms with Crippen LogP contribution >= 0.6 is 0 Å². The maximum Gasteiger partial charge on any atom is 0.341 e. The SMILES string of the molecule is NCCCN1CCN(c2cc3c(cc2F)c(=O)c(C(=O)O)cn3C2CC2)CC1. The van der Waals surface area contributed by atoms with Crippen LogP contribution in [0.5, 0.6) is 0 Å². The van der Waals surface area contributed by atoms with Gasteiger partial charge in [0.2, 0.25) is 5.43 Å². The molecule has 2 aromatic rings. The van der Waals surface area contributed by atoms with Gasteiger partial charge in [-0.3, -0.25) is 9.69 Å². The van der Waals surface area contributed by atoms with Crippen LogP contribution in [0.15, 0.2) is 23.1 Å². The van der Waals surface area contributed by atoms with Gasteiger partial charge in [-0.05, 0) is 44.5 Å². The van der Waals surface area contributed by atoms with E-state index in [-0.39, 0.29) is 17.0 Å². The van der Waals surface area contributed by atoms with Gasteiger partial charge in [0, 0.05) is 43.8 Å². The van der Waals surface area contributed by atoms with Crippen molar-refractivity contribution in [3.8, 4) is 0 Å². The smallest absolute Gasteiger partial charge is 0.341 e. The molecule has 150 valence electrons. The largest absolute Gasteiger partial charge is 0.477 e. The zero-order valence-electron chi connectivity index (χ0n) is 15.7. The molecule has 0 bridgehead atoms. The maximum atomic E-state index is 14.9. The molecule has 0 radical (unpaired) electrons. The molecular weight excluding hydrogens is 363 g/mol. The van der Waals surface area contributed by atoms with E-state index in [9.17, 15) is 19.1 Å². The van der Waals surface area contributed by atoms with Crippen molar-refractivity contribution in [3.05, 3.63) is 39.9 Å². The summed E-state index contributed by atoms with van der Waals surface area (Å²) in [4.78, 5) is 28.3. The first-order valence-electron chi connectivity index (χ1n) is 9.78. The molecule has 2 fully saturated rings. The molecule has 1 aromatic heterocycles. The quantitative estimate of drug-likeness (QED) is 0.782. The molecule has 1 aliphatic carbocycles. The van der Waals surface area contributed by atoms with Crippen LogP contribution in [-0.4, -0.2) is 59.8 Å². The van der Waals surface area contributed by atoms with Crippen LogP contribution < -0.4 is 16.1 Å². The number of carbonyl (C=O) groups is 1. The van der Waals surface area contributed by atoms with E-state index in [2.05, 4.69) is 4.90 Å². The summed E-state index contributed by atoms with van der Waals surface area (Å²) in [7, 11) is 0. The Hall–Kier alpha value is -2.45. The number of piperazine rings is 1.